The highest BCUT2D eigenvalue weighted by atomic mass is 35.5. The van der Waals surface area contributed by atoms with E-state index in [-0.39, 0.29) is 17.8 Å². The number of H-pyrrole nitrogens is 1. The summed E-state index contributed by atoms with van der Waals surface area (Å²) in [6.45, 7) is 6.69. The van der Waals surface area contributed by atoms with Crippen molar-refractivity contribution in [2.75, 3.05) is 39.2 Å². The second-order valence-electron chi connectivity index (χ2n) is 13.3. The number of aromatic nitrogens is 1. The smallest absolute Gasteiger partial charge is 0.311 e. The average molecular weight is 658 g/mol. The quantitative estimate of drug-likeness (QED) is 0.152. The number of nitrogens with one attached hydrogen (secondary N) is 1. The van der Waals surface area contributed by atoms with E-state index in [1.165, 1.54) is 34.8 Å². The maximum absolute atomic E-state index is 12.4. The minimum absolute atomic E-state index is 0.199. The van der Waals surface area contributed by atoms with Gasteiger partial charge in [0.2, 0.25) is 0 Å². The topological polar surface area (TPSA) is 78.0 Å². The van der Waals surface area contributed by atoms with Gasteiger partial charge in [-0.15, -0.1) is 11.6 Å². The minimum Gasteiger partial charge on any atom is -0.492 e. The molecule has 6 atom stereocenters. The summed E-state index contributed by atoms with van der Waals surface area (Å²) in [7, 11) is 1.43. The molecular formula is C39H48ClN3O4. The van der Waals surface area contributed by atoms with Crippen molar-refractivity contribution in [3.63, 3.8) is 0 Å². The number of carbonyl (C=O) groups excluding carboxylic acids is 1. The number of aromatic amines is 1. The molecule has 3 aliphatic rings. The summed E-state index contributed by atoms with van der Waals surface area (Å²) in [5.41, 5.74) is 5.26. The van der Waals surface area contributed by atoms with Crippen LogP contribution in [0.2, 0.25) is 0 Å². The fourth-order valence-corrected chi connectivity index (χ4v) is 8.24. The van der Waals surface area contributed by atoms with E-state index in [0.29, 0.717) is 36.9 Å². The van der Waals surface area contributed by atoms with Crippen LogP contribution < -0.4 is 4.74 Å². The highest BCUT2D eigenvalue weighted by Crippen LogP contribution is 2.49. The Labute approximate surface area is 283 Å². The Hall–Kier alpha value is -3.36. The zero-order chi connectivity index (χ0) is 32.8. The van der Waals surface area contributed by atoms with E-state index in [4.69, 9.17) is 21.1 Å². The Bertz CT molecular complexity index is 1580. The number of ether oxygens (including phenoxy) is 2. The van der Waals surface area contributed by atoms with Crippen LogP contribution in [0.15, 0.2) is 84.9 Å². The molecule has 2 aliphatic heterocycles. The first-order valence-electron chi connectivity index (χ1n) is 17.1. The molecule has 4 aromatic rings. The zero-order valence-electron chi connectivity index (χ0n) is 27.6. The Morgan fingerprint density at radius 3 is 2.51 bits per heavy atom. The van der Waals surface area contributed by atoms with Crippen molar-refractivity contribution >= 4 is 28.5 Å². The lowest BCUT2D eigenvalue weighted by atomic mass is 9.65. The number of methoxy groups -OCH3 is 1. The fraction of sp³-hybridized carbons (Fsp3) is 0.462. The molecule has 2 N–H and O–H groups in total. The van der Waals surface area contributed by atoms with E-state index in [2.05, 4.69) is 70.2 Å². The van der Waals surface area contributed by atoms with Crippen molar-refractivity contribution in [2.24, 2.45) is 17.8 Å². The molecule has 1 aliphatic carbocycles. The molecule has 250 valence electrons. The van der Waals surface area contributed by atoms with Crippen LogP contribution in [0.4, 0.5) is 0 Å². The number of esters is 1. The van der Waals surface area contributed by atoms with Crippen LogP contribution in [-0.2, 0) is 22.5 Å². The summed E-state index contributed by atoms with van der Waals surface area (Å²) >= 11 is 5.94. The molecule has 0 spiro atoms. The van der Waals surface area contributed by atoms with E-state index in [1.807, 2.05) is 36.4 Å². The molecule has 47 heavy (non-hydrogen) atoms. The maximum atomic E-state index is 12.4. The number of benzene rings is 3. The van der Waals surface area contributed by atoms with Gasteiger partial charge >= 0.3 is 5.97 Å². The van der Waals surface area contributed by atoms with Crippen molar-refractivity contribution in [1.82, 2.24) is 14.8 Å². The second kappa shape index (κ2) is 15.7. The van der Waals surface area contributed by atoms with E-state index in [0.717, 1.165) is 51.2 Å². The molecule has 1 saturated heterocycles. The van der Waals surface area contributed by atoms with Gasteiger partial charge < -0.3 is 19.6 Å². The van der Waals surface area contributed by atoms with Crippen molar-refractivity contribution in [3.8, 4) is 5.75 Å². The van der Waals surface area contributed by atoms with Gasteiger partial charge in [0.05, 0.1) is 25.2 Å². The third-order valence-electron chi connectivity index (χ3n) is 10.5. The first kappa shape index (κ1) is 33.5. The number of rotatable bonds is 9. The second-order valence-corrected chi connectivity index (χ2v) is 13.7. The first-order valence-corrected chi connectivity index (χ1v) is 17.6. The summed E-state index contributed by atoms with van der Waals surface area (Å²) in [4.78, 5) is 21.0. The Morgan fingerprint density at radius 2 is 1.77 bits per heavy atom. The van der Waals surface area contributed by atoms with Gasteiger partial charge in [-0.05, 0) is 73.8 Å². The van der Waals surface area contributed by atoms with E-state index in [9.17, 15) is 9.90 Å². The highest BCUT2D eigenvalue weighted by Gasteiger charge is 2.49. The number of halogens is 1. The number of para-hydroxylation sites is 2. The molecule has 1 aromatic heterocycles. The van der Waals surface area contributed by atoms with Crippen LogP contribution in [0, 0.1) is 17.8 Å². The monoisotopic (exact) mass is 657 g/mol. The van der Waals surface area contributed by atoms with E-state index < -0.39 is 6.10 Å². The lowest BCUT2D eigenvalue weighted by Crippen LogP contribution is -2.53. The number of piperidine rings is 1. The fourth-order valence-electron chi connectivity index (χ4n) is 8.02. The minimum atomic E-state index is -0.568. The molecule has 3 heterocycles. The Kier molecular flexibility index (Phi) is 11.2. The predicted molar refractivity (Wildman–Crippen MR) is 188 cm³/mol. The van der Waals surface area contributed by atoms with E-state index >= 15 is 0 Å². The third kappa shape index (κ3) is 7.70. The molecule has 0 amide bonds. The van der Waals surface area contributed by atoms with Crippen LogP contribution in [0.5, 0.6) is 5.75 Å². The number of aliphatic hydroxyl groups excluding tert-OH is 1. The van der Waals surface area contributed by atoms with Crippen molar-refractivity contribution in [2.45, 2.75) is 57.3 Å². The summed E-state index contributed by atoms with van der Waals surface area (Å²) < 4.78 is 10.9. The molecule has 8 heteroatoms. The Balaban J connectivity index is 0.000000169. The predicted octanol–water partition coefficient (Wildman–Crippen LogP) is 6.84. The molecule has 0 bridgehead atoms. The lowest BCUT2D eigenvalue weighted by Gasteiger charge is -2.50. The third-order valence-corrected chi connectivity index (χ3v) is 10.6. The SMILES string of the molecule is CC(COc1ccccc1)N(CCCl)Cc1ccccc1.COC(=O)[C@@H]1[C@H]2C[C@H]3c4[nH]c5ccccc5c4CCN3C[C@@H]2CC[C@@H]1O. The molecule has 1 saturated carbocycles. The van der Waals surface area contributed by atoms with Gasteiger partial charge in [-0.1, -0.05) is 66.7 Å². The molecule has 3 aromatic carbocycles. The maximum Gasteiger partial charge on any atom is 0.311 e. The number of fused-ring (bicyclic) bond motifs is 6. The number of hydrogen-bond donors (Lipinski definition) is 2. The van der Waals surface area contributed by atoms with Crippen LogP contribution in [0.1, 0.15) is 49.0 Å². The highest BCUT2D eigenvalue weighted by molar-refractivity contribution is 6.18. The van der Waals surface area contributed by atoms with Crippen LogP contribution in [0.25, 0.3) is 10.9 Å². The molecule has 1 unspecified atom stereocenters. The molecule has 2 fully saturated rings. The molecule has 7 rings (SSSR count). The van der Waals surface area contributed by atoms with Gasteiger partial charge in [0.25, 0.3) is 0 Å². The van der Waals surface area contributed by atoms with E-state index in [1.54, 1.807) is 0 Å². The number of hydrogen-bond acceptors (Lipinski definition) is 6. The van der Waals surface area contributed by atoms with Gasteiger partial charge in [-0.3, -0.25) is 14.6 Å². The summed E-state index contributed by atoms with van der Waals surface area (Å²) in [5.74, 6) is 1.59. The number of carbonyl (C=O) groups is 1. The van der Waals surface area contributed by atoms with Gasteiger partial charge in [-0.25, -0.2) is 0 Å². The average Bonchev–Trinajstić information content (AvgIpc) is 3.50. The Morgan fingerprint density at radius 1 is 1.04 bits per heavy atom. The molecular weight excluding hydrogens is 610 g/mol. The van der Waals surface area contributed by atoms with Gasteiger partial charge in [-0.2, -0.15) is 0 Å². The van der Waals surface area contributed by atoms with Gasteiger partial charge in [0.15, 0.2) is 0 Å². The summed E-state index contributed by atoms with van der Waals surface area (Å²) in [6.07, 6.45) is 3.14. The first-order chi connectivity index (χ1) is 23.0. The number of nitrogens with zero attached hydrogens (tertiary/aromatic N) is 2. The van der Waals surface area contributed by atoms with Gasteiger partial charge in [0.1, 0.15) is 12.4 Å². The largest absolute Gasteiger partial charge is 0.492 e. The molecule has 7 nitrogen and oxygen atoms in total. The zero-order valence-corrected chi connectivity index (χ0v) is 28.3. The lowest BCUT2D eigenvalue weighted by molar-refractivity contribution is -0.160. The van der Waals surface area contributed by atoms with Crippen LogP contribution >= 0.6 is 11.6 Å². The van der Waals surface area contributed by atoms with Crippen molar-refractivity contribution in [3.05, 3.63) is 102 Å². The summed E-state index contributed by atoms with van der Waals surface area (Å²) in [5, 5.41) is 11.8. The number of aliphatic hydroxyl groups is 1. The summed E-state index contributed by atoms with van der Waals surface area (Å²) in [6, 6.07) is 29.5. The van der Waals surface area contributed by atoms with Crippen LogP contribution in [0.3, 0.4) is 0 Å². The molecule has 0 radical (unpaired) electrons. The van der Waals surface area contributed by atoms with Gasteiger partial charge in [0, 0.05) is 54.7 Å². The van der Waals surface area contributed by atoms with Crippen LogP contribution in [-0.4, -0.2) is 77.2 Å². The van der Waals surface area contributed by atoms with Crippen molar-refractivity contribution in [1.29, 1.82) is 0 Å². The normalized spacial score (nSPS) is 24.3. The number of alkyl halides is 1. The standard InChI is InChI=1S/C21H26N2O3.C18H22ClNO/c1-26-21(25)19-15-10-17-20-14(13-4-2-3-5-16(13)22-20)8-9-23(17)11-12(15)6-7-18(19)24;1-16(15-21-18-10-6-3-7-11-18)20(13-12-19)14-17-8-4-2-5-9-17/h2-5,12,15,17-19,22,24H,6-11H2,1H3;2-11,16H,12-15H2,1H3/t12-,15-,17-,18-,19+;/m0./s1. The van der Waals surface area contributed by atoms with Crippen molar-refractivity contribution < 1.29 is 19.4 Å².